The lowest BCUT2D eigenvalue weighted by Crippen LogP contribution is -2.61. The van der Waals surface area contributed by atoms with Gasteiger partial charge in [-0.3, -0.25) is 0 Å². The Morgan fingerprint density at radius 3 is 2.56 bits per heavy atom. The number of aliphatic hydroxyl groups is 4. The average Bonchev–Trinajstić information content (AvgIpc) is 2.79. The van der Waals surface area contributed by atoms with Gasteiger partial charge in [0.1, 0.15) is 24.4 Å². The van der Waals surface area contributed by atoms with Crippen LogP contribution in [0.3, 0.4) is 0 Å². The van der Waals surface area contributed by atoms with E-state index in [2.05, 4.69) is 6.92 Å². The predicted octanol–water partition coefficient (Wildman–Crippen LogP) is -0.600. The first-order valence-electron chi connectivity index (χ1n) is 11.0. The zero-order valence-electron chi connectivity index (χ0n) is 18.5. The van der Waals surface area contributed by atoms with E-state index in [-0.39, 0.29) is 5.92 Å². The van der Waals surface area contributed by atoms with Crippen molar-refractivity contribution >= 4 is 5.97 Å². The third-order valence-electron chi connectivity index (χ3n) is 6.20. The van der Waals surface area contributed by atoms with Gasteiger partial charge in [-0.25, -0.2) is 4.79 Å². The summed E-state index contributed by atoms with van der Waals surface area (Å²) >= 11 is 0. The van der Waals surface area contributed by atoms with Gasteiger partial charge < -0.3 is 48.8 Å². The normalized spacial score (nSPS) is 41.9. The van der Waals surface area contributed by atoms with E-state index < -0.39 is 67.9 Å². The van der Waals surface area contributed by atoms with Crippen LogP contribution in [0.4, 0.5) is 0 Å². The Balaban J connectivity index is 1.78. The SMILES string of the molecule is CCCCO[C@@H]1C[C@@H]2C(C(=O)OC)=CO[C@@H](O[C@@H]3O[C@H](CO)[C@@H](O)[C@H](O)[C@H]3O)[C@@H]2[C@H](C)O1. The predicted molar refractivity (Wildman–Crippen MR) is 107 cm³/mol. The molecule has 0 aromatic rings. The molecule has 2 saturated heterocycles. The van der Waals surface area contributed by atoms with Crippen LogP contribution in [0.5, 0.6) is 0 Å². The number of hydrogen-bond donors (Lipinski definition) is 4. The molecule has 0 radical (unpaired) electrons. The van der Waals surface area contributed by atoms with Gasteiger partial charge in [0.2, 0.25) is 6.29 Å². The first-order valence-corrected chi connectivity index (χ1v) is 11.0. The first-order chi connectivity index (χ1) is 15.3. The number of carbonyl (C=O) groups is 1. The summed E-state index contributed by atoms with van der Waals surface area (Å²) in [5, 5.41) is 39.7. The minimum Gasteiger partial charge on any atom is -0.471 e. The van der Waals surface area contributed by atoms with Gasteiger partial charge in [0.25, 0.3) is 0 Å². The number of methoxy groups -OCH3 is 1. The van der Waals surface area contributed by atoms with Crippen molar-refractivity contribution in [2.75, 3.05) is 20.3 Å². The molecule has 32 heavy (non-hydrogen) atoms. The summed E-state index contributed by atoms with van der Waals surface area (Å²) in [7, 11) is 1.28. The number of aliphatic hydroxyl groups excluding tert-OH is 4. The van der Waals surface area contributed by atoms with Crippen LogP contribution in [-0.2, 0) is 33.2 Å². The maximum absolute atomic E-state index is 12.4. The Morgan fingerprint density at radius 2 is 1.91 bits per heavy atom. The lowest BCUT2D eigenvalue weighted by molar-refractivity contribution is -0.353. The van der Waals surface area contributed by atoms with Crippen molar-refractivity contribution in [3.63, 3.8) is 0 Å². The molecule has 3 rings (SSSR count). The van der Waals surface area contributed by atoms with Gasteiger partial charge in [0.05, 0.1) is 37.6 Å². The summed E-state index contributed by atoms with van der Waals surface area (Å²) in [4.78, 5) is 12.4. The molecule has 0 aromatic heterocycles. The zero-order chi connectivity index (χ0) is 23.4. The Kier molecular flexibility index (Phi) is 8.87. The van der Waals surface area contributed by atoms with Crippen molar-refractivity contribution in [2.45, 2.75) is 82.5 Å². The van der Waals surface area contributed by atoms with E-state index in [0.29, 0.717) is 18.6 Å². The molecule has 0 saturated carbocycles. The van der Waals surface area contributed by atoms with Crippen molar-refractivity contribution in [1.29, 1.82) is 0 Å². The third-order valence-corrected chi connectivity index (χ3v) is 6.20. The highest BCUT2D eigenvalue weighted by Crippen LogP contribution is 2.43. The van der Waals surface area contributed by atoms with Crippen LogP contribution in [0.1, 0.15) is 33.1 Å². The van der Waals surface area contributed by atoms with E-state index in [1.54, 1.807) is 6.92 Å². The molecule has 11 nitrogen and oxygen atoms in total. The molecule has 0 bridgehead atoms. The molecule has 0 aromatic carbocycles. The number of fused-ring (bicyclic) bond motifs is 1. The first kappa shape index (κ1) is 25.3. The Hall–Kier alpha value is -1.31. The maximum atomic E-state index is 12.4. The summed E-state index contributed by atoms with van der Waals surface area (Å²) in [5.41, 5.74) is 0.324. The number of ether oxygens (including phenoxy) is 6. The smallest absolute Gasteiger partial charge is 0.337 e. The fourth-order valence-electron chi connectivity index (χ4n) is 4.36. The minimum absolute atomic E-state index is 0.324. The van der Waals surface area contributed by atoms with Crippen LogP contribution in [0.25, 0.3) is 0 Å². The lowest BCUT2D eigenvalue weighted by Gasteiger charge is -2.47. The van der Waals surface area contributed by atoms with Crippen molar-refractivity contribution in [3.05, 3.63) is 11.8 Å². The van der Waals surface area contributed by atoms with E-state index in [4.69, 9.17) is 28.4 Å². The molecular formula is C21H34O11. The number of unbranched alkanes of at least 4 members (excludes halogenated alkanes) is 1. The van der Waals surface area contributed by atoms with E-state index in [1.807, 2.05) is 0 Å². The third kappa shape index (κ3) is 5.26. The van der Waals surface area contributed by atoms with Crippen molar-refractivity contribution in [3.8, 4) is 0 Å². The summed E-state index contributed by atoms with van der Waals surface area (Å²) in [5.74, 6) is -1.39. The zero-order valence-corrected chi connectivity index (χ0v) is 18.5. The van der Waals surface area contributed by atoms with Crippen LogP contribution in [0.15, 0.2) is 11.8 Å². The molecule has 0 unspecified atom stereocenters. The molecule has 11 heteroatoms. The largest absolute Gasteiger partial charge is 0.471 e. The summed E-state index contributed by atoms with van der Waals surface area (Å²) in [6, 6.07) is 0. The van der Waals surface area contributed by atoms with Crippen molar-refractivity contribution in [1.82, 2.24) is 0 Å². The topological polar surface area (TPSA) is 153 Å². The molecule has 4 N–H and O–H groups in total. The Bertz CT molecular complexity index is 654. The maximum Gasteiger partial charge on any atom is 0.337 e. The number of rotatable bonds is 8. The fourth-order valence-corrected chi connectivity index (χ4v) is 4.36. The van der Waals surface area contributed by atoms with E-state index in [9.17, 15) is 25.2 Å². The summed E-state index contributed by atoms with van der Waals surface area (Å²) in [6.07, 6.45) is -5.63. The van der Waals surface area contributed by atoms with E-state index >= 15 is 0 Å². The molecule has 0 aliphatic carbocycles. The minimum atomic E-state index is -1.58. The van der Waals surface area contributed by atoms with Gasteiger partial charge in [0, 0.05) is 18.9 Å². The second-order valence-corrected chi connectivity index (χ2v) is 8.32. The van der Waals surface area contributed by atoms with Gasteiger partial charge in [-0.05, 0) is 13.3 Å². The molecule has 10 atom stereocenters. The van der Waals surface area contributed by atoms with Crippen LogP contribution in [0, 0.1) is 11.8 Å². The summed E-state index contributed by atoms with van der Waals surface area (Å²) < 4.78 is 33.7. The molecule has 184 valence electrons. The van der Waals surface area contributed by atoms with Gasteiger partial charge in [-0.2, -0.15) is 0 Å². The second kappa shape index (κ2) is 11.2. The molecule has 0 amide bonds. The van der Waals surface area contributed by atoms with Gasteiger partial charge in [-0.1, -0.05) is 13.3 Å². The molecule has 3 aliphatic heterocycles. The van der Waals surface area contributed by atoms with Crippen LogP contribution >= 0.6 is 0 Å². The van der Waals surface area contributed by atoms with E-state index in [0.717, 1.165) is 12.8 Å². The number of hydrogen-bond acceptors (Lipinski definition) is 11. The molecule has 0 spiro atoms. The van der Waals surface area contributed by atoms with Crippen LogP contribution in [0.2, 0.25) is 0 Å². The highest BCUT2D eigenvalue weighted by molar-refractivity contribution is 5.88. The van der Waals surface area contributed by atoms with Gasteiger partial charge in [-0.15, -0.1) is 0 Å². The van der Waals surface area contributed by atoms with Crippen molar-refractivity contribution in [2.24, 2.45) is 11.8 Å². The standard InChI is InChI=1S/C21H34O11/c1-4-5-6-28-14-7-11-12(19(26)27-3)9-29-20(15(11)10(2)30-14)32-21-18(25)17(24)16(23)13(8-22)31-21/h9-11,13-18,20-25H,4-8H2,1-3H3/t10-,11+,13+,14-,15+,16+,17-,18+,20-,21-/m0/s1. The molecule has 3 heterocycles. The van der Waals surface area contributed by atoms with Crippen LogP contribution < -0.4 is 0 Å². The Morgan fingerprint density at radius 1 is 1.16 bits per heavy atom. The Labute approximate surface area is 186 Å². The average molecular weight is 462 g/mol. The highest BCUT2D eigenvalue weighted by Gasteiger charge is 2.51. The number of esters is 1. The number of carbonyl (C=O) groups excluding carboxylic acids is 1. The lowest BCUT2D eigenvalue weighted by atomic mass is 9.77. The van der Waals surface area contributed by atoms with Gasteiger partial charge in [0.15, 0.2) is 12.6 Å². The van der Waals surface area contributed by atoms with Crippen molar-refractivity contribution < 1.29 is 53.6 Å². The monoisotopic (exact) mass is 462 g/mol. The summed E-state index contributed by atoms with van der Waals surface area (Å²) in [6.45, 7) is 3.82. The molecule has 2 fully saturated rings. The highest BCUT2D eigenvalue weighted by atomic mass is 16.8. The van der Waals surface area contributed by atoms with Crippen LogP contribution in [-0.4, -0.2) is 96.1 Å². The quantitative estimate of drug-likeness (QED) is 0.270. The molecular weight excluding hydrogens is 428 g/mol. The van der Waals surface area contributed by atoms with E-state index in [1.165, 1.54) is 13.4 Å². The molecule has 3 aliphatic rings. The fraction of sp³-hybridized carbons (Fsp3) is 0.857. The van der Waals surface area contributed by atoms with Gasteiger partial charge >= 0.3 is 5.97 Å². The second-order valence-electron chi connectivity index (χ2n) is 8.32.